The van der Waals surface area contributed by atoms with Gasteiger partial charge in [0.2, 0.25) is 0 Å². The molecule has 8 heteroatoms. The molecule has 2 aliphatic carbocycles. The number of benzene rings is 2. The molecule has 0 heterocycles. The van der Waals surface area contributed by atoms with E-state index in [1.165, 1.54) is 54.4 Å². The van der Waals surface area contributed by atoms with Crippen LogP contribution >= 0.6 is 33.0 Å². The third-order valence-corrected chi connectivity index (χ3v) is 6.48. The highest BCUT2D eigenvalue weighted by Gasteiger charge is 2.26. The number of fused-ring (bicyclic) bond motifs is 2. The van der Waals surface area contributed by atoms with Gasteiger partial charge in [-0.3, -0.25) is 9.59 Å². The fourth-order valence-electron chi connectivity index (χ4n) is 4.44. The number of Topliss-reactive ketones (excluding diaryl/α,β-unsaturated/α-hetero) is 2. The van der Waals surface area contributed by atoms with Gasteiger partial charge in [-0.2, -0.15) is 8.42 Å². The van der Waals surface area contributed by atoms with Gasteiger partial charge in [-0.25, -0.2) is 0 Å². The van der Waals surface area contributed by atoms with E-state index in [2.05, 4.69) is 39.6 Å². The van der Waals surface area contributed by atoms with Crippen LogP contribution in [0.1, 0.15) is 96.3 Å². The van der Waals surface area contributed by atoms with Gasteiger partial charge < -0.3 is 0 Å². The van der Waals surface area contributed by atoms with E-state index in [4.69, 9.17) is 20.0 Å². The van der Waals surface area contributed by atoms with Crippen LogP contribution in [0.3, 0.4) is 0 Å². The first-order valence-corrected chi connectivity index (χ1v) is 15.8. The molecule has 0 spiro atoms. The maximum absolute atomic E-state index is 12.0. The third-order valence-electron chi connectivity index (χ3n) is 6.31. The Kier molecular flexibility index (Phi) is 11.5. The minimum Gasteiger partial charge on any atom is -0.294 e. The minimum atomic E-state index is -3.72. The van der Waals surface area contributed by atoms with Gasteiger partial charge in [-0.1, -0.05) is 38.1 Å². The Morgan fingerprint density at radius 2 is 1.11 bits per heavy atom. The molecule has 0 aliphatic heterocycles. The molecule has 2 aromatic carbocycles. The molecular formula is C28H35Cl3O4S. The maximum atomic E-state index is 12.0. The van der Waals surface area contributed by atoms with Crippen molar-refractivity contribution in [1.29, 1.82) is 0 Å². The number of carbonyl (C=O) groups is 2. The smallest absolute Gasteiger partial charge is 0.294 e. The summed E-state index contributed by atoms with van der Waals surface area (Å²) in [5.74, 6) is 0.387. The number of rotatable bonds is 4. The predicted molar refractivity (Wildman–Crippen MR) is 150 cm³/mol. The lowest BCUT2D eigenvalue weighted by atomic mass is 9.88. The van der Waals surface area contributed by atoms with E-state index in [1.807, 2.05) is 32.0 Å². The average Bonchev–Trinajstić information content (AvgIpc) is 2.81. The highest BCUT2D eigenvalue weighted by molar-refractivity contribution is 8.31. The summed E-state index contributed by atoms with van der Waals surface area (Å²) in [4.78, 5) is 23.0. The largest absolute Gasteiger partial charge is 0.317 e. The molecule has 0 saturated carbocycles. The summed E-state index contributed by atoms with van der Waals surface area (Å²) in [7, 11) is 4.81. The van der Waals surface area contributed by atoms with E-state index >= 15 is 0 Å². The highest BCUT2D eigenvalue weighted by Crippen LogP contribution is 2.26. The molecule has 0 bridgehead atoms. The predicted octanol–water partition coefficient (Wildman–Crippen LogP) is 7.88. The lowest BCUT2D eigenvalue weighted by Crippen LogP contribution is -2.25. The second-order valence-electron chi connectivity index (χ2n) is 10.1. The molecule has 0 unspecified atom stereocenters. The summed E-state index contributed by atoms with van der Waals surface area (Å²) < 4.78 is 18.3. The molecule has 0 amide bonds. The first kappa shape index (κ1) is 30.8. The zero-order chi connectivity index (χ0) is 27.1. The molecule has 36 heavy (non-hydrogen) atoms. The first-order chi connectivity index (χ1) is 16.7. The van der Waals surface area contributed by atoms with Crippen molar-refractivity contribution < 1.29 is 18.0 Å². The summed E-state index contributed by atoms with van der Waals surface area (Å²) in [6.45, 7) is 7.41. The number of hydrogen-bond donors (Lipinski definition) is 0. The molecule has 0 fully saturated rings. The van der Waals surface area contributed by atoms with Crippen LogP contribution in [0.4, 0.5) is 0 Å². The fourth-order valence-corrected chi connectivity index (χ4v) is 4.55. The zero-order valence-corrected chi connectivity index (χ0v) is 24.5. The van der Waals surface area contributed by atoms with Gasteiger partial charge in [0.1, 0.15) is 4.87 Å². The fraction of sp³-hybridized carbons (Fsp3) is 0.500. The quantitative estimate of drug-likeness (QED) is 0.212. The molecule has 0 saturated heterocycles. The summed E-state index contributed by atoms with van der Waals surface area (Å²) in [6.07, 6.45) is 9.64. The zero-order valence-electron chi connectivity index (χ0n) is 21.4. The topological polar surface area (TPSA) is 68.3 Å². The van der Waals surface area contributed by atoms with Gasteiger partial charge in [0, 0.05) is 38.4 Å². The number of aryl methyl sites for hydroxylation is 4. The van der Waals surface area contributed by atoms with Crippen molar-refractivity contribution in [3.63, 3.8) is 0 Å². The first-order valence-electron chi connectivity index (χ1n) is 12.3. The minimum absolute atomic E-state index is 0.0162. The monoisotopic (exact) mass is 572 g/mol. The van der Waals surface area contributed by atoms with E-state index in [9.17, 15) is 9.59 Å². The third kappa shape index (κ3) is 10.2. The number of hydrogen-bond acceptors (Lipinski definition) is 4. The van der Waals surface area contributed by atoms with Crippen LogP contribution < -0.4 is 0 Å². The standard InChI is InChI=1S/C14H17ClO.C14H18O.Cl2O2S/c1-14(2,15)13(16)12-8-7-10-5-3-4-6-11(10)9-12;1-10(2)14(15)13-8-7-11-5-3-4-6-12(11)9-13;1-5(2,3)4/h7-9H,3-6H2,1-2H3;7-10H,3-6H2,1-2H3;. The van der Waals surface area contributed by atoms with E-state index in [-0.39, 0.29) is 17.5 Å². The van der Waals surface area contributed by atoms with Gasteiger partial charge in [0.05, 0.1) is 0 Å². The van der Waals surface area contributed by atoms with Crippen LogP contribution in [0.25, 0.3) is 0 Å². The van der Waals surface area contributed by atoms with Crippen LogP contribution in [-0.4, -0.2) is 24.9 Å². The average molecular weight is 574 g/mol. The molecule has 0 N–H and O–H groups in total. The van der Waals surface area contributed by atoms with E-state index in [0.29, 0.717) is 0 Å². The van der Waals surface area contributed by atoms with E-state index in [1.54, 1.807) is 13.8 Å². The van der Waals surface area contributed by atoms with Gasteiger partial charge in [-0.05, 0) is 99.6 Å². The molecule has 2 aromatic rings. The molecule has 0 atom stereocenters. The molecular weight excluding hydrogens is 539 g/mol. The highest BCUT2D eigenvalue weighted by atomic mass is 36.0. The van der Waals surface area contributed by atoms with Crippen molar-refractivity contribution in [3.05, 3.63) is 69.8 Å². The van der Waals surface area contributed by atoms with Gasteiger partial charge >= 0.3 is 8.26 Å². The summed E-state index contributed by atoms with van der Waals surface area (Å²) in [5.41, 5.74) is 7.22. The normalized spacial score (nSPS) is 14.9. The maximum Gasteiger partial charge on any atom is 0.317 e. The molecule has 4 rings (SSSR count). The van der Waals surface area contributed by atoms with Crippen molar-refractivity contribution in [2.24, 2.45) is 5.92 Å². The molecule has 2 aliphatic rings. The van der Waals surface area contributed by atoms with E-state index < -0.39 is 13.1 Å². The van der Waals surface area contributed by atoms with Crippen molar-refractivity contribution in [2.45, 2.75) is 83.9 Å². The number of halogens is 3. The van der Waals surface area contributed by atoms with Crippen molar-refractivity contribution in [2.75, 3.05) is 0 Å². The Morgan fingerprint density at radius 3 is 1.50 bits per heavy atom. The second-order valence-corrected chi connectivity index (χ2v) is 14.7. The van der Waals surface area contributed by atoms with Crippen LogP contribution in [0.15, 0.2) is 36.4 Å². The van der Waals surface area contributed by atoms with Gasteiger partial charge in [0.25, 0.3) is 0 Å². The Hall–Kier alpha value is -1.40. The Labute approximate surface area is 229 Å². The Balaban J connectivity index is 0.000000215. The van der Waals surface area contributed by atoms with Crippen LogP contribution in [0.2, 0.25) is 0 Å². The molecule has 0 radical (unpaired) electrons. The molecule has 0 aromatic heterocycles. The number of alkyl halides is 1. The molecule has 198 valence electrons. The lowest BCUT2D eigenvalue weighted by molar-refractivity contribution is 0.0936. The summed E-state index contributed by atoms with van der Waals surface area (Å²) >= 11 is 6.05. The van der Waals surface area contributed by atoms with Crippen LogP contribution in [0, 0.1) is 5.92 Å². The van der Waals surface area contributed by atoms with Gasteiger partial charge in [-0.15, -0.1) is 11.6 Å². The van der Waals surface area contributed by atoms with Gasteiger partial charge in [0.15, 0.2) is 11.6 Å². The van der Waals surface area contributed by atoms with Crippen LogP contribution in [0.5, 0.6) is 0 Å². The van der Waals surface area contributed by atoms with Crippen molar-refractivity contribution in [3.8, 4) is 0 Å². The number of carbonyl (C=O) groups excluding carboxylic acids is 2. The van der Waals surface area contributed by atoms with Crippen LogP contribution in [-0.2, 0) is 33.9 Å². The SMILES string of the molecule is CC(C)(Cl)C(=O)c1ccc2c(c1)CCCC2.CC(C)C(=O)c1ccc2c(c1)CCCC2.O=S(=O)(Cl)Cl. The number of ketones is 2. The van der Waals surface area contributed by atoms with Crippen molar-refractivity contribution in [1.82, 2.24) is 0 Å². The summed E-state index contributed by atoms with van der Waals surface area (Å²) in [5, 5.41) is 0. The Bertz CT molecular complexity index is 1170. The molecule has 4 nitrogen and oxygen atoms in total. The summed E-state index contributed by atoms with van der Waals surface area (Å²) in [6, 6.07) is 12.3. The Morgan fingerprint density at radius 1 is 0.750 bits per heavy atom. The van der Waals surface area contributed by atoms with Crippen molar-refractivity contribution >= 4 is 52.8 Å². The second kappa shape index (κ2) is 13.4. The lowest BCUT2D eigenvalue weighted by Gasteiger charge is -2.19. The van der Waals surface area contributed by atoms with E-state index in [0.717, 1.165) is 30.4 Å².